The molecule has 0 N–H and O–H groups in total. The third-order valence-electron chi connectivity index (χ3n) is 3.15. The van der Waals surface area contributed by atoms with E-state index in [9.17, 15) is 0 Å². The molecule has 0 radical (unpaired) electrons. The predicted molar refractivity (Wildman–Crippen MR) is 70.1 cm³/mol. The summed E-state index contributed by atoms with van der Waals surface area (Å²) in [6, 6.07) is 12.5. The molecule has 0 aliphatic heterocycles. The summed E-state index contributed by atoms with van der Waals surface area (Å²) < 4.78 is 2.15. The summed E-state index contributed by atoms with van der Waals surface area (Å²) in [6.07, 6.45) is 4.02. The van der Waals surface area contributed by atoms with Crippen molar-refractivity contribution in [3.8, 4) is 11.3 Å². The molecular weight excluding hydrogens is 208 g/mol. The fourth-order valence-electron chi connectivity index (χ4n) is 2.21. The van der Waals surface area contributed by atoms with Gasteiger partial charge in [0.25, 0.3) is 0 Å². The molecule has 2 heteroatoms. The van der Waals surface area contributed by atoms with Gasteiger partial charge in [-0.3, -0.25) is 4.40 Å². The minimum absolute atomic E-state index is 1.03. The molecule has 17 heavy (non-hydrogen) atoms. The Hall–Kier alpha value is -2.09. The van der Waals surface area contributed by atoms with E-state index in [1.54, 1.807) is 0 Å². The van der Waals surface area contributed by atoms with E-state index in [-0.39, 0.29) is 0 Å². The van der Waals surface area contributed by atoms with E-state index in [0.29, 0.717) is 0 Å². The number of rotatable bonds is 1. The molecule has 0 saturated heterocycles. The smallest absolute Gasteiger partial charge is 0.140 e. The Morgan fingerprint density at radius 1 is 0.941 bits per heavy atom. The van der Waals surface area contributed by atoms with Crippen LogP contribution in [-0.4, -0.2) is 9.38 Å². The lowest BCUT2D eigenvalue weighted by Crippen LogP contribution is -1.91. The Morgan fingerprint density at radius 3 is 2.53 bits per heavy atom. The van der Waals surface area contributed by atoms with E-state index in [4.69, 9.17) is 0 Å². The third-order valence-corrected chi connectivity index (χ3v) is 3.15. The van der Waals surface area contributed by atoms with Crippen molar-refractivity contribution in [1.82, 2.24) is 9.38 Å². The minimum atomic E-state index is 1.03. The maximum absolute atomic E-state index is 4.50. The van der Waals surface area contributed by atoms with E-state index < -0.39 is 0 Å². The summed E-state index contributed by atoms with van der Waals surface area (Å²) >= 11 is 0. The second-order valence-corrected chi connectivity index (χ2v) is 4.34. The number of hydrogen-bond donors (Lipinski definition) is 0. The molecule has 0 unspecified atom stereocenters. The molecule has 2 heterocycles. The van der Waals surface area contributed by atoms with Crippen LogP contribution in [0.3, 0.4) is 0 Å². The van der Waals surface area contributed by atoms with Crippen molar-refractivity contribution in [3.05, 3.63) is 59.9 Å². The van der Waals surface area contributed by atoms with Crippen molar-refractivity contribution in [2.45, 2.75) is 13.8 Å². The highest BCUT2D eigenvalue weighted by molar-refractivity contribution is 5.67. The third kappa shape index (κ3) is 1.53. The molecule has 0 aliphatic rings. The van der Waals surface area contributed by atoms with Gasteiger partial charge in [0.15, 0.2) is 0 Å². The normalized spacial score (nSPS) is 10.9. The van der Waals surface area contributed by atoms with Crippen LogP contribution >= 0.6 is 0 Å². The van der Waals surface area contributed by atoms with E-state index in [0.717, 1.165) is 11.3 Å². The number of benzene rings is 1. The number of imidazole rings is 1. The minimum Gasteiger partial charge on any atom is -0.299 e. The van der Waals surface area contributed by atoms with E-state index >= 15 is 0 Å². The quantitative estimate of drug-likeness (QED) is 0.614. The van der Waals surface area contributed by atoms with Crippen molar-refractivity contribution in [2.75, 3.05) is 0 Å². The van der Waals surface area contributed by atoms with Crippen LogP contribution in [0.25, 0.3) is 16.9 Å². The molecule has 3 rings (SSSR count). The van der Waals surface area contributed by atoms with Gasteiger partial charge in [0.1, 0.15) is 5.65 Å². The molecule has 0 fully saturated rings. The van der Waals surface area contributed by atoms with Gasteiger partial charge in [-0.25, -0.2) is 4.98 Å². The van der Waals surface area contributed by atoms with Crippen molar-refractivity contribution in [3.63, 3.8) is 0 Å². The molecular formula is C15H14N2. The first-order valence-corrected chi connectivity index (χ1v) is 5.76. The molecule has 2 nitrogen and oxygen atoms in total. The summed E-state index contributed by atoms with van der Waals surface area (Å²) in [7, 11) is 0. The van der Waals surface area contributed by atoms with Crippen LogP contribution in [0.4, 0.5) is 0 Å². The van der Waals surface area contributed by atoms with Crippen LogP contribution in [0.5, 0.6) is 0 Å². The van der Waals surface area contributed by atoms with Gasteiger partial charge < -0.3 is 0 Å². The maximum atomic E-state index is 4.50. The highest BCUT2D eigenvalue weighted by atomic mass is 15.0. The maximum Gasteiger partial charge on any atom is 0.140 e. The number of nitrogens with zero attached hydrogens (tertiary/aromatic N) is 2. The van der Waals surface area contributed by atoms with Crippen LogP contribution in [0, 0.1) is 13.8 Å². The summed E-state index contributed by atoms with van der Waals surface area (Å²) in [6.45, 7) is 4.22. The van der Waals surface area contributed by atoms with Crippen LogP contribution < -0.4 is 0 Å². The molecule has 1 aromatic carbocycles. The number of aromatic nitrogens is 2. The highest BCUT2D eigenvalue weighted by Crippen LogP contribution is 2.24. The zero-order valence-corrected chi connectivity index (χ0v) is 10.0. The number of hydrogen-bond acceptors (Lipinski definition) is 1. The van der Waals surface area contributed by atoms with Gasteiger partial charge in [0.2, 0.25) is 0 Å². The average Bonchev–Trinajstić information content (AvgIpc) is 2.75. The molecule has 0 bridgehead atoms. The van der Waals surface area contributed by atoms with E-state index in [2.05, 4.69) is 65.8 Å². The lowest BCUT2D eigenvalue weighted by Gasteiger charge is -2.05. The van der Waals surface area contributed by atoms with Crippen molar-refractivity contribution >= 4 is 5.65 Å². The van der Waals surface area contributed by atoms with Crippen molar-refractivity contribution in [1.29, 1.82) is 0 Å². The zero-order chi connectivity index (χ0) is 11.8. The second-order valence-electron chi connectivity index (χ2n) is 4.34. The molecule has 0 aliphatic carbocycles. The molecule has 0 atom stereocenters. The summed E-state index contributed by atoms with van der Waals surface area (Å²) in [5.74, 6) is 0. The lowest BCUT2D eigenvalue weighted by atomic mass is 10.1. The topological polar surface area (TPSA) is 17.3 Å². The average molecular weight is 222 g/mol. The first-order chi connectivity index (χ1) is 8.27. The van der Waals surface area contributed by atoms with Gasteiger partial charge in [-0.05, 0) is 31.0 Å². The standard InChI is InChI=1S/C15H14N2/c1-11-6-3-4-8-13(11)14-10-16-15-12(2)7-5-9-17(14)15/h3-10H,1-2H3. The first kappa shape index (κ1) is 10.1. The van der Waals surface area contributed by atoms with Gasteiger partial charge in [0.05, 0.1) is 11.9 Å². The summed E-state index contributed by atoms with van der Waals surface area (Å²) in [5.41, 5.74) is 5.90. The number of aryl methyl sites for hydroxylation is 2. The van der Waals surface area contributed by atoms with Gasteiger partial charge in [-0.2, -0.15) is 0 Å². The van der Waals surface area contributed by atoms with Crippen LogP contribution in [0.2, 0.25) is 0 Å². The van der Waals surface area contributed by atoms with Gasteiger partial charge in [-0.15, -0.1) is 0 Å². The van der Waals surface area contributed by atoms with Gasteiger partial charge in [0, 0.05) is 11.8 Å². The van der Waals surface area contributed by atoms with Gasteiger partial charge in [-0.1, -0.05) is 30.3 Å². The summed E-state index contributed by atoms with van der Waals surface area (Å²) in [5, 5.41) is 0. The van der Waals surface area contributed by atoms with Crippen LogP contribution in [0.1, 0.15) is 11.1 Å². The zero-order valence-electron chi connectivity index (χ0n) is 10.0. The first-order valence-electron chi connectivity index (χ1n) is 5.76. The monoisotopic (exact) mass is 222 g/mol. The SMILES string of the molecule is Cc1ccccc1-c1cnc2c(C)cccn12. The molecule has 2 aromatic heterocycles. The Balaban J connectivity index is 2.33. The number of fused-ring (bicyclic) bond motifs is 1. The van der Waals surface area contributed by atoms with E-state index in [1.165, 1.54) is 16.7 Å². The van der Waals surface area contributed by atoms with Crippen molar-refractivity contribution in [2.24, 2.45) is 0 Å². The number of pyridine rings is 1. The van der Waals surface area contributed by atoms with E-state index in [1.807, 2.05) is 6.20 Å². The molecule has 3 aromatic rings. The van der Waals surface area contributed by atoms with Gasteiger partial charge >= 0.3 is 0 Å². The highest BCUT2D eigenvalue weighted by Gasteiger charge is 2.08. The Bertz CT molecular complexity index is 680. The fraction of sp³-hybridized carbons (Fsp3) is 0.133. The fourth-order valence-corrected chi connectivity index (χ4v) is 2.21. The van der Waals surface area contributed by atoms with Crippen molar-refractivity contribution < 1.29 is 0 Å². The second kappa shape index (κ2) is 3.74. The molecule has 0 amide bonds. The Morgan fingerprint density at radius 2 is 1.71 bits per heavy atom. The van der Waals surface area contributed by atoms with Crippen LogP contribution in [-0.2, 0) is 0 Å². The molecule has 0 saturated carbocycles. The van der Waals surface area contributed by atoms with Crippen LogP contribution in [0.15, 0.2) is 48.8 Å². The Labute approximate surface area is 101 Å². The molecule has 0 spiro atoms. The predicted octanol–water partition coefficient (Wildman–Crippen LogP) is 3.62. The largest absolute Gasteiger partial charge is 0.299 e. The Kier molecular flexibility index (Phi) is 2.22. The lowest BCUT2D eigenvalue weighted by molar-refractivity contribution is 1.16. The summed E-state index contributed by atoms with van der Waals surface area (Å²) in [4.78, 5) is 4.50. The molecule has 84 valence electrons.